The van der Waals surface area contributed by atoms with E-state index in [1.807, 2.05) is 11.3 Å². The minimum atomic E-state index is 0.901. The maximum absolute atomic E-state index is 5.65. The zero-order valence-electron chi connectivity index (χ0n) is 25.6. The lowest BCUT2D eigenvalue weighted by Crippen LogP contribution is -1.94. The van der Waals surface area contributed by atoms with E-state index < -0.39 is 0 Å². The molecular formula is C44H24N2S2. The van der Waals surface area contributed by atoms with Crippen LogP contribution in [0.1, 0.15) is 0 Å². The van der Waals surface area contributed by atoms with Gasteiger partial charge in [-0.3, -0.25) is 0 Å². The van der Waals surface area contributed by atoms with Gasteiger partial charge in [0.2, 0.25) is 0 Å². The third-order valence-corrected chi connectivity index (χ3v) is 12.1. The Labute approximate surface area is 283 Å². The lowest BCUT2D eigenvalue weighted by Gasteiger charge is -2.14. The maximum atomic E-state index is 5.65. The molecule has 48 heavy (non-hydrogen) atoms. The number of hydrogen-bond donors (Lipinski definition) is 0. The lowest BCUT2D eigenvalue weighted by atomic mass is 9.94. The average Bonchev–Trinajstić information content (AvgIpc) is 3.73. The molecule has 0 amide bonds. The number of thiophene rings is 2. The highest BCUT2D eigenvalue weighted by atomic mass is 32.1. The van der Waals surface area contributed by atoms with Crippen LogP contribution < -0.4 is 0 Å². The molecule has 2 nitrogen and oxygen atoms in total. The Morgan fingerprint density at radius 3 is 1.77 bits per heavy atom. The second-order valence-electron chi connectivity index (χ2n) is 12.5. The van der Waals surface area contributed by atoms with Crippen molar-refractivity contribution in [1.29, 1.82) is 0 Å². The summed E-state index contributed by atoms with van der Waals surface area (Å²) in [7, 11) is 0. The van der Waals surface area contributed by atoms with Crippen LogP contribution in [0.4, 0.5) is 0 Å². The van der Waals surface area contributed by atoms with Gasteiger partial charge in [-0.2, -0.15) is 0 Å². The maximum Gasteiger partial charge on any atom is 0.125 e. The van der Waals surface area contributed by atoms with Gasteiger partial charge in [-0.05, 0) is 62.3 Å². The van der Waals surface area contributed by atoms with Crippen molar-refractivity contribution >= 4 is 106 Å². The fraction of sp³-hybridized carbons (Fsp3) is 0. The molecule has 0 aliphatic heterocycles. The molecule has 0 fully saturated rings. The molecule has 7 aromatic carbocycles. The van der Waals surface area contributed by atoms with Crippen molar-refractivity contribution in [2.75, 3.05) is 0 Å². The summed E-state index contributed by atoms with van der Waals surface area (Å²) in [6, 6.07) is 52.7. The zero-order valence-corrected chi connectivity index (χ0v) is 27.2. The summed E-state index contributed by atoms with van der Waals surface area (Å²) in [5.41, 5.74) is 5.25. The second-order valence-corrected chi connectivity index (χ2v) is 14.6. The number of aromatic nitrogens is 2. The predicted octanol–water partition coefficient (Wildman–Crippen LogP) is 13.2. The van der Waals surface area contributed by atoms with Gasteiger partial charge in [0.25, 0.3) is 0 Å². The average molecular weight is 645 g/mol. The van der Waals surface area contributed by atoms with Crippen LogP contribution in [0.25, 0.3) is 106 Å². The summed E-state index contributed by atoms with van der Waals surface area (Å²) in [5, 5.41) is 13.6. The number of benzene rings is 7. The van der Waals surface area contributed by atoms with E-state index in [1.54, 1.807) is 11.3 Å². The van der Waals surface area contributed by atoms with Crippen LogP contribution in [0.15, 0.2) is 146 Å². The summed E-state index contributed by atoms with van der Waals surface area (Å²) in [6.07, 6.45) is 0. The van der Waals surface area contributed by atoms with Gasteiger partial charge >= 0.3 is 0 Å². The number of pyridine rings is 2. The van der Waals surface area contributed by atoms with Crippen LogP contribution in [-0.4, -0.2) is 9.97 Å². The first-order chi connectivity index (χ1) is 23.8. The smallest absolute Gasteiger partial charge is 0.125 e. The zero-order chi connectivity index (χ0) is 31.3. The molecule has 0 unspecified atom stereocenters. The van der Waals surface area contributed by atoms with E-state index >= 15 is 0 Å². The first kappa shape index (κ1) is 26.4. The summed E-state index contributed by atoms with van der Waals surface area (Å²) >= 11 is 3.61. The Bertz CT molecular complexity index is 3130. The van der Waals surface area contributed by atoms with Crippen LogP contribution in [0.3, 0.4) is 0 Å². The third-order valence-electron chi connectivity index (χ3n) is 9.84. The molecule has 11 aromatic rings. The van der Waals surface area contributed by atoms with Crippen molar-refractivity contribution in [3.8, 4) is 22.5 Å². The topological polar surface area (TPSA) is 25.8 Å². The highest BCUT2D eigenvalue weighted by Gasteiger charge is 2.22. The van der Waals surface area contributed by atoms with Gasteiger partial charge in [0.1, 0.15) is 4.83 Å². The molecule has 4 heterocycles. The van der Waals surface area contributed by atoms with Gasteiger partial charge in [-0.25, -0.2) is 9.97 Å². The molecule has 4 aromatic heterocycles. The normalized spacial score (nSPS) is 12.2. The van der Waals surface area contributed by atoms with E-state index in [4.69, 9.17) is 9.97 Å². The van der Waals surface area contributed by atoms with Crippen LogP contribution in [-0.2, 0) is 0 Å². The molecule has 0 saturated carbocycles. The van der Waals surface area contributed by atoms with Gasteiger partial charge in [0.05, 0.1) is 21.6 Å². The molecule has 0 saturated heterocycles. The predicted molar refractivity (Wildman–Crippen MR) is 209 cm³/mol. The number of fused-ring (bicyclic) bond motifs is 14. The molecule has 0 N–H and O–H groups in total. The van der Waals surface area contributed by atoms with Crippen LogP contribution in [0.2, 0.25) is 0 Å². The van der Waals surface area contributed by atoms with Gasteiger partial charge in [0.15, 0.2) is 0 Å². The quantitative estimate of drug-likeness (QED) is 0.175. The number of hydrogen-bond acceptors (Lipinski definition) is 4. The van der Waals surface area contributed by atoms with Crippen molar-refractivity contribution in [1.82, 2.24) is 9.97 Å². The SMILES string of the molecule is c1ccc2cc(-c3cc(-c4nc5c6sc7ccccc7c6c6ccccc6c5c5ccccc45)nc4sc5ccccc5c34)ccc2c1. The number of nitrogens with zero attached hydrogens (tertiary/aromatic N) is 2. The first-order valence-corrected chi connectivity index (χ1v) is 17.8. The van der Waals surface area contributed by atoms with Crippen molar-refractivity contribution in [3.63, 3.8) is 0 Å². The summed E-state index contributed by atoms with van der Waals surface area (Å²) < 4.78 is 3.76. The molecule has 222 valence electrons. The highest BCUT2D eigenvalue weighted by molar-refractivity contribution is 7.27. The highest BCUT2D eigenvalue weighted by Crippen LogP contribution is 2.47. The molecule has 0 aliphatic rings. The standard InChI is InChI=1S/C44H24N2S2/c1-2-12-26-23-27(22-21-25(26)11-1)34-24-35(45-44-40(34)33-18-8-10-20-37(33)48-44)41-31-16-6-5-15-30(31)38-28-13-3-4-14-29(28)39-32-17-7-9-19-36(32)47-43(39)42(38)46-41/h1-24H. The second kappa shape index (κ2) is 9.91. The van der Waals surface area contributed by atoms with E-state index in [9.17, 15) is 0 Å². The van der Waals surface area contributed by atoms with Crippen LogP contribution in [0.5, 0.6) is 0 Å². The van der Waals surface area contributed by atoms with Gasteiger partial charge in [0, 0.05) is 41.7 Å². The van der Waals surface area contributed by atoms with Crippen molar-refractivity contribution < 1.29 is 0 Å². The fourth-order valence-electron chi connectivity index (χ4n) is 7.72. The number of rotatable bonds is 2. The van der Waals surface area contributed by atoms with Gasteiger partial charge in [-0.15, -0.1) is 22.7 Å². The molecule has 4 heteroatoms. The Kier molecular flexibility index (Phi) is 5.45. The third kappa shape index (κ3) is 3.67. The fourth-order valence-corrected chi connectivity index (χ4v) is 10.0. The van der Waals surface area contributed by atoms with E-state index in [-0.39, 0.29) is 0 Å². The summed E-state index contributed by atoms with van der Waals surface area (Å²) in [4.78, 5) is 12.1. The van der Waals surface area contributed by atoms with Crippen molar-refractivity contribution in [2.24, 2.45) is 0 Å². The van der Waals surface area contributed by atoms with Crippen molar-refractivity contribution in [2.45, 2.75) is 0 Å². The van der Waals surface area contributed by atoms with Gasteiger partial charge in [-0.1, -0.05) is 121 Å². The monoisotopic (exact) mass is 644 g/mol. The van der Waals surface area contributed by atoms with E-state index in [0.29, 0.717) is 0 Å². The Morgan fingerprint density at radius 2 is 1.00 bits per heavy atom. The first-order valence-electron chi connectivity index (χ1n) is 16.2. The lowest BCUT2D eigenvalue weighted by molar-refractivity contribution is 1.36. The molecule has 0 spiro atoms. The molecule has 0 aliphatic carbocycles. The Morgan fingerprint density at radius 1 is 0.417 bits per heavy atom. The van der Waals surface area contributed by atoms with Crippen LogP contribution in [0, 0.1) is 0 Å². The van der Waals surface area contributed by atoms with E-state index in [1.165, 1.54) is 79.1 Å². The van der Waals surface area contributed by atoms with Crippen molar-refractivity contribution in [3.05, 3.63) is 146 Å². The minimum absolute atomic E-state index is 0.901. The molecular weight excluding hydrogens is 621 g/mol. The molecule has 0 bridgehead atoms. The molecule has 0 radical (unpaired) electrons. The molecule has 0 atom stereocenters. The summed E-state index contributed by atoms with van der Waals surface area (Å²) in [6.45, 7) is 0. The molecule has 11 rings (SSSR count). The van der Waals surface area contributed by atoms with Gasteiger partial charge < -0.3 is 0 Å². The summed E-state index contributed by atoms with van der Waals surface area (Å²) in [5.74, 6) is 0. The van der Waals surface area contributed by atoms with E-state index in [0.717, 1.165) is 27.1 Å². The minimum Gasteiger partial charge on any atom is -0.244 e. The van der Waals surface area contributed by atoms with E-state index in [2.05, 4.69) is 146 Å². The Balaban J connectivity index is 1.30. The largest absolute Gasteiger partial charge is 0.244 e. The van der Waals surface area contributed by atoms with Crippen LogP contribution >= 0.6 is 22.7 Å². The Hall–Kier alpha value is -5.68.